The van der Waals surface area contributed by atoms with Gasteiger partial charge in [-0.25, -0.2) is 8.42 Å². The van der Waals surface area contributed by atoms with Crippen LogP contribution < -0.4 is 10.2 Å². The van der Waals surface area contributed by atoms with Crippen LogP contribution in [0, 0.1) is 13.8 Å². The van der Waals surface area contributed by atoms with Gasteiger partial charge in [-0.05, 0) is 38.8 Å². The van der Waals surface area contributed by atoms with Crippen molar-refractivity contribution in [3.63, 3.8) is 0 Å². The normalized spacial score (nSPS) is 18.5. The summed E-state index contributed by atoms with van der Waals surface area (Å²) in [4.78, 5) is 17.1. The predicted molar refractivity (Wildman–Crippen MR) is 118 cm³/mol. The molecule has 168 valence electrons. The van der Waals surface area contributed by atoms with E-state index in [1.54, 1.807) is 13.8 Å². The van der Waals surface area contributed by atoms with Gasteiger partial charge in [-0.2, -0.15) is 4.31 Å². The number of nitrogens with one attached hydrogen (secondary N) is 1. The highest BCUT2D eigenvalue weighted by molar-refractivity contribution is 7.89. The number of carbonyl (C=O) groups is 1. The highest BCUT2D eigenvalue weighted by atomic mass is 32.2. The van der Waals surface area contributed by atoms with Gasteiger partial charge >= 0.3 is 0 Å². The van der Waals surface area contributed by atoms with Crippen molar-refractivity contribution in [3.05, 3.63) is 35.7 Å². The second-order valence-corrected chi connectivity index (χ2v) is 9.97. The molecular weight excluding hydrogens is 418 g/mol. The number of hydrogen-bond acceptors (Lipinski definition) is 7. The molecule has 2 fully saturated rings. The SMILES string of the molecule is Cc1noc(C)c1S(=O)(=O)N1CCN(CC(=O)Nc2ccccc2N2CCCC2)CC1. The third kappa shape index (κ3) is 4.60. The summed E-state index contributed by atoms with van der Waals surface area (Å²) in [6, 6.07) is 7.88. The van der Waals surface area contributed by atoms with Gasteiger partial charge in [0.2, 0.25) is 15.9 Å². The summed E-state index contributed by atoms with van der Waals surface area (Å²) in [5.41, 5.74) is 2.26. The molecule has 0 spiro atoms. The molecule has 1 amide bonds. The first-order chi connectivity index (χ1) is 14.9. The Morgan fingerprint density at radius 2 is 1.74 bits per heavy atom. The number of amides is 1. The minimum Gasteiger partial charge on any atom is -0.370 e. The predicted octanol–water partition coefficient (Wildman–Crippen LogP) is 1.84. The number of anilines is 2. The van der Waals surface area contributed by atoms with Gasteiger partial charge in [0, 0.05) is 39.3 Å². The van der Waals surface area contributed by atoms with E-state index in [0.29, 0.717) is 37.6 Å². The lowest BCUT2D eigenvalue weighted by molar-refractivity contribution is -0.117. The molecule has 1 aromatic carbocycles. The van der Waals surface area contributed by atoms with Crippen LogP contribution in [0.2, 0.25) is 0 Å². The molecule has 0 atom stereocenters. The van der Waals surface area contributed by atoms with Crippen molar-refractivity contribution in [1.82, 2.24) is 14.4 Å². The maximum absolute atomic E-state index is 12.9. The summed E-state index contributed by atoms with van der Waals surface area (Å²) in [5.74, 6) is 0.213. The largest absolute Gasteiger partial charge is 0.370 e. The first kappa shape index (κ1) is 21.8. The maximum Gasteiger partial charge on any atom is 0.248 e. The Kier molecular flexibility index (Phi) is 6.31. The second-order valence-electron chi connectivity index (χ2n) is 8.09. The third-order valence-electron chi connectivity index (χ3n) is 5.89. The van der Waals surface area contributed by atoms with Crippen LogP contribution in [-0.4, -0.2) is 74.5 Å². The number of rotatable bonds is 6. The molecule has 2 aromatic rings. The number of benzene rings is 1. The van der Waals surface area contributed by atoms with Gasteiger partial charge in [-0.1, -0.05) is 17.3 Å². The first-order valence-electron chi connectivity index (χ1n) is 10.7. The zero-order valence-electron chi connectivity index (χ0n) is 18.0. The standard InChI is InChI=1S/C21H29N5O4S/c1-16-21(17(2)30-23-16)31(28,29)26-13-11-24(12-14-26)15-20(27)22-18-7-3-4-8-19(18)25-9-5-6-10-25/h3-4,7-8H,5-6,9-15H2,1-2H3,(H,22,27). The van der Waals surface area contributed by atoms with Crippen molar-refractivity contribution in [3.8, 4) is 0 Å². The molecule has 0 saturated carbocycles. The first-order valence-corrected chi connectivity index (χ1v) is 12.1. The highest BCUT2D eigenvalue weighted by Gasteiger charge is 2.33. The molecule has 2 aliphatic rings. The molecule has 3 heterocycles. The lowest BCUT2D eigenvalue weighted by atomic mass is 10.2. The van der Waals surface area contributed by atoms with Gasteiger partial charge < -0.3 is 14.7 Å². The number of nitrogens with zero attached hydrogens (tertiary/aromatic N) is 4. The number of para-hydroxylation sites is 2. The lowest BCUT2D eigenvalue weighted by Crippen LogP contribution is -2.50. The van der Waals surface area contributed by atoms with E-state index in [1.807, 2.05) is 29.2 Å². The smallest absolute Gasteiger partial charge is 0.248 e. The van der Waals surface area contributed by atoms with E-state index in [2.05, 4.69) is 15.4 Å². The molecule has 0 aliphatic carbocycles. The fourth-order valence-electron chi connectivity index (χ4n) is 4.31. The second kappa shape index (κ2) is 8.97. The van der Waals surface area contributed by atoms with Crippen molar-refractivity contribution >= 4 is 27.3 Å². The van der Waals surface area contributed by atoms with E-state index in [9.17, 15) is 13.2 Å². The molecule has 0 radical (unpaired) electrons. The summed E-state index contributed by atoms with van der Waals surface area (Å²) in [7, 11) is -3.65. The molecule has 9 nitrogen and oxygen atoms in total. The quantitative estimate of drug-likeness (QED) is 0.721. The van der Waals surface area contributed by atoms with E-state index in [1.165, 1.54) is 17.1 Å². The van der Waals surface area contributed by atoms with Crippen LogP contribution in [0.1, 0.15) is 24.3 Å². The Hall–Kier alpha value is -2.43. The van der Waals surface area contributed by atoms with Gasteiger partial charge in [-0.3, -0.25) is 9.69 Å². The van der Waals surface area contributed by atoms with Crippen LogP contribution in [0.5, 0.6) is 0 Å². The molecule has 1 aromatic heterocycles. The summed E-state index contributed by atoms with van der Waals surface area (Å²) >= 11 is 0. The summed E-state index contributed by atoms with van der Waals surface area (Å²) < 4.78 is 32.4. The zero-order chi connectivity index (χ0) is 22.0. The Balaban J connectivity index is 1.34. The molecule has 2 aliphatic heterocycles. The minimum atomic E-state index is -3.65. The Morgan fingerprint density at radius 1 is 1.06 bits per heavy atom. The number of hydrogen-bond donors (Lipinski definition) is 1. The van der Waals surface area contributed by atoms with E-state index in [-0.39, 0.29) is 17.3 Å². The summed E-state index contributed by atoms with van der Waals surface area (Å²) in [6.07, 6.45) is 2.34. The molecule has 10 heteroatoms. The Labute approximate surface area is 183 Å². The topological polar surface area (TPSA) is 99.0 Å². The molecule has 1 N–H and O–H groups in total. The van der Waals surface area contributed by atoms with E-state index in [0.717, 1.165) is 24.5 Å². The van der Waals surface area contributed by atoms with Crippen LogP contribution in [0.4, 0.5) is 11.4 Å². The van der Waals surface area contributed by atoms with E-state index in [4.69, 9.17) is 4.52 Å². The molecule has 0 unspecified atom stereocenters. The summed E-state index contributed by atoms with van der Waals surface area (Å²) in [5, 5.41) is 6.80. The van der Waals surface area contributed by atoms with Crippen molar-refractivity contribution in [2.24, 2.45) is 0 Å². The van der Waals surface area contributed by atoms with Crippen molar-refractivity contribution in [2.45, 2.75) is 31.6 Å². The van der Waals surface area contributed by atoms with E-state index >= 15 is 0 Å². The monoisotopic (exact) mass is 447 g/mol. The van der Waals surface area contributed by atoms with Crippen LogP contribution in [-0.2, 0) is 14.8 Å². The van der Waals surface area contributed by atoms with Crippen molar-refractivity contribution in [1.29, 1.82) is 0 Å². The fraction of sp³-hybridized carbons (Fsp3) is 0.524. The molecule has 0 bridgehead atoms. The Morgan fingerprint density at radius 3 is 2.39 bits per heavy atom. The fourth-order valence-corrected chi connectivity index (χ4v) is 6.02. The minimum absolute atomic E-state index is 0.0892. The van der Waals surface area contributed by atoms with Gasteiger partial charge in [-0.15, -0.1) is 0 Å². The van der Waals surface area contributed by atoms with Crippen LogP contribution in [0.25, 0.3) is 0 Å². The number of aryl methyl sites for hydroxylation is 2. The highest BCUT2D eigenvalue weighted by Crippen LogP contribution is 2.29. The summed E-state index contributed by atoms with van der Waals surface area (Å²) in [6.45, 7) is 7.11. The molecule has 31 heavy (non-hydrogen) atoms. The third-order valence-corrected chi connectivity index (χ3v) is 8.03. The Bertz CT molecular complexity index is 1020. The van der Waals surface area contributed by atoms with Gasteiger partial charge in [0.05, 0.1) is 17.9 Å². The van der Waals surface area contributed by atoms with Crippen LogP contribution in [0.3, 0.4) is 0 Å². The molecule has 2 saturated heterocycles. The number of aromatic nitrogens is 1. The van der Waals surface area contributed by atoms with E-state index < -0.39 is 10.0 Å². The van der Waals surface area contributed by atoms with Crippen molar-refractivity contribution < 1.29 is 17.7 Å². The van der Waals surface area contributed by atoms with Crippen LogP contribution in [0.15, 0.2) is 33.7 Å². The molecule has 4 rings (SSSR count). The number of piperazine rings is 1. The van der Waals surface area contributed by atoms with Gasteiger partial charge in [0.1, 0.15) is 10.6 Å². The zero-order valence-corrected chi connectivity index (χ0v) is 18.8. The van der Waals surface area contributed by atoms with Crippen molar-refractivity contribution in [2.75, 3.05) is 56.0 Å². The van der Waals surface area contributed by atoms with Gasteiger partial charge in [0.15, 0.2) is 5.76 Å². The lowest BCUT2D eigenvalue weighted by Gasteiger charge is -2.33. The maximum atomic E-state index is 12.9. The van der Waals surface area contributed by atoms with Gasteiger partial charge in [0.25, 0.3) is 0 Å². The average Bonchev–Trinajstić information content (AvgIpc) is 3.39. The average molecular weight is 448 g/mol. The number of carbonyl (C=O) groups excluding carboxylic acids is 1. The van der Waals surface area contributed by atoms with Crippen LogP contribution >= 0.6 is 0 Å². The number of sulfonamides is 1. The molecular formula is C21H29N5O4S.